The number of hydrogen-bond donors (Lipinski definition) is 0. The second kappa shape index (κ2) is 7.37. The van der Waals surface area contributed by atoms with E-state index >= 15 is 0 Å². The zero-order valence-corrected chi connectivity index (χ0v) is 16.2. The maximum absolute atomic E-state index is 12.7. The molecule has 0 N–H and O–H groups in total. The van der Waals surface area contributed by atoms with Crippen LogP contribution in [-0.4, -0.2) is 35.1 Å². The van der Waals surface area contributed by atoms with Crippen molar-refractivity contribution in [2.24, 2.45) is 5.92 Å². The van der Waals surface area contributed by atoms with Gasteiger partial charge in [-0.15, -0.1) is 0 Å². The molecule has 1 aromatic carbocycles. The van der Waals surface area contributed by atoms with Crippen LogP contribution in [0, 0.1) is 5.92 Å². The third kappa shape index (κ3) is 3.87. The Labute approximate surface area is 159 Å². The highest BCUT2D eigenvalue weighted by atomic mass is 16.5. The molecule has 144 valence electrons. The van der Waals surface area contributed by atoms with E-state index < -0.39 is 0 Å². The Morgan fingerprint density at radius 1 is 1.19 bits per heavy atom. The molecule has 0 atom stereocenters. The van der Waals surface area contributed by atoms with Crippen molar-refractivity contribution in [1.29, 1.82) is 0 Å². The maximum atomic E-state index is 12.7. The second-order valence-electron chi connectivity index (χ2n) is 8.20. The van der Waals surface area contributed by atoms with Crippen molar-refractivity contribution in [2.75, 3.05) is 19.7 Å². The lowest BCUT2D eigenvalue weighted by molar-refractivity contribution is -0.132. The van der Waals surface area contributed by atoms with E-state index in [1.165, 1.54) is 12.8 Å². The fraction of sp³-hybridized carbons (Fsp3) is 0.545. The summed E-state index contributed by atoms with van der Waals surface area (Å²) in [4.78, 5) is 26.8. The van der Waals surface area contributed by atoms with Gasteiger partial charge in [-0.05, 0) is 55.2 Å². The summed E-state index contributed by atoms with van der Waals surface area (Å²) >= 11 is 0. The molecular weight excluding hydrogens is 340 g/mol. The van der Waals surface area contributed by atoms with Crippen LogP contribution in [0.5, 0.6) is 5.75 Å². The molecule has 2 aromatic rings. The first kappa shape index (κ1) is 18.1. The lowest BCUT2D eigenvalue weighted by Gasteiger charge is -2.18. The van der Waals surface area contributed by atoms with E-state index in [1.807, 2.05) is 27.7 Å². The Hall–Kier alpha value is -2.30. The average molecular weight is 368 g/mol. The van der Waals surface area contributed by atoms with Crippen molar-refractivity contribution < 1.29 is 9.53 Å². The van der Waals surface area contributed by atoms with Gasteiger partial charge in [0.25, 0.3) is 11.5 Å². The molecule has 4 rings (SSSR count). The number of rotatable bonds is 6. The van der Waals surface area contributed by atoms with E-state index in [9.17, 15) is 9.59 Å². The van der Waals surface area contributed by atoms with Crippen molar-refractivity contribution >= 4 is 16.8 Å². The molecule has 0 spiro atoms. The first-order valence-corrected chi connectivity index (χ1v) is 10.1. The van der Waals surface area contributed by atoms with Crippen LogP contribution in [0.2, 0.25) is 0 Å². The van der Waals surface area contributed by atoms with Gasteiger partial charge >= 0.3 is 0 Å². The summed E-state index contributed by atoms with van der Waals surface area (Å²) in [6.07, 6.45) is 4.54. The number of carbonyl (C=O) groups excluding carboxylic acids is 1. The molecule has 1 aromatic heterocycles. The first-order chi connectivity index (χ1) is 13.0. The highest BCUT2D eigenvalue weighted by Gasteiger charge is 2.24. The Kier molecular flexibility index (Phi) is 4.94. The molecule has 1 aliphatic heterocycles. The first-order valence-electron chi connectivity index (χ1n) is 10.1. The SMILES string of the molecule is CC(C)c1cc(=O)n(CC2CC2)c2cc(OCC(=O)N3CCCC3)ccc12. The number of aromatic nitrogens is 1. The number of amides is 1. The predicted octanol–water partition coefficient (Wildman–Crippen LogP) is 3.54. The second-order valence-corrected chi connectivity index (χ2v) is 8.20. The maximum Gasteiger partial charge on any atom is 0.260 e. The van der Waals surface area contributed by atoms with Crippen LogP contribution < -0.4 is 10.3 Å². The number of likely N-dealkylation sites (tertiary alicyclic amines) is 1. The number of fused-ring (bicyclic) bond motifs is 1. The molecular formula is C22H28N2O3. The van der Waals surface area contributed by atoms with Crippen LogP contribution in [0.4, 0.5) is 0 Å². The van der Waals surface area contributed by atoms with Gasteiger partial charge < -0.3 is 14.2 Å². The van der Waals surface area contributed by atoms with Crippen LogP contribution in [0.15, 0.2) is 29.1 Å². The summed E-state index contributed by atoms with van der Waals surface area (Å²) in [5.41, 5.74) is 2.05. The summed E-state index contributed by atoms with van der Waals surface area (Å²) < 4.78 is 7.68. The van der Waals surface area contributed by atoms with E-state index in [1.54, 1.807) is 6.07 Å². The van der Waals surface area contributed by atoms with Gasteiger partial charge in [0.1, 0.15) is 5.75 Å². The molecule has 0 bridgehead atoms. The fourth-order valence-electron chi connectivity index (χ4n) is 3.90. The third-order valence-electron chi connectivity index (χ3n) is 5.70. The quantitative estimate of drug-likeness (QED) is 0.784. The molecule has 2 fully saturated rings. The van der Waals surface area contributed by atoms with Crippen LogP contribution in [0.1, 0.15) is 51.0 Å². The number of pyridine rings is 1. The van der Waals surface area contributed by atoms with Crippen molar-refractivity contribution in [3.8, 4) is 5.75 Å². The molecule has 2 heterocycles. The van der Waals surface area contributed by atoms with Crippen molar-refractivity contribution in [3.05, 3.63) is 40.2 Å². The molecule has 0 radical (unpaired) electrons. The van der Waals surface area contributed by atoms with Gasteiger partial charge in [0.05, 0.1) is 5.52 Å². The van der Waals surface area contributed by atoms with E-state index in [0.717, 1.165) is 48.9 Å². The van der Waals surface area contributed by atoms with Gasteiger partial charge in [0.2, 0.25) is 0 Å². The summed E-state index contributed by atoms with van der Waals surface area (Å²) in [6, 6.07) is 7.66. The van der Waals surface area contributed by atoms with Gasteiger partial charge in [-0.25, -0.2) is 0 Å². The molecule has 1 saturated carbocycles. The molecule has 2 aliphatic rings. The summed E-state index contributed by atoms with van der Waals surface area (Å²) in [5.74, 6) is 1.58. The Morgan fingerprint density at radius 2 is 1.93 bits per heavy atom. The van der Waals surface area contributed by atoms with E-state index in [2.05, 4.69) is 13.8 Å². The van der Waals surface area contributed by atoms with Crippen LogP contribution >= 0.6 is 0 Å². The van der Waals surface area contributed by atoms with E-state index in [-0.39, 0.29) is 24.0 Å². The molecule has 1 saturated heterocycles. The Balaban J connectivity index is 1.64. The molecule has 5 heteroatoms. The minimum atomic E-state index is 0.0406. The zero-order chi connectivity index (χ0) is 19.0. The summed E-state index contributed by atoms with van der Waals surface area (Å²) in [7, 11) is 0. The highest BCUT2D eigenvalue weighted by molar-refractivity contribution is 5.85. The molecule has 27 heavy (non-hydrogen) atoms. The molecule has 1 amide bonds. The van der Waals surface area contributed by atoms with Crippen molar-refractivity contribution in [3.63, 3.8) is 0 Å². The Bertz CT molecular complexity index is 906. The number of carbonyl (C=O) groups is 1. The zero-order valence-electron chi connectivity index (χ0n) is 16.2. The monoisotopic (exact) mass is 368 g/mol. The third-order valence-corrected chi connectivity index (χ3v) is 5.70. The molecule has 5 nitrogen and oxygen atoms in total. The Morgan fingerprint density at radius 3 is 2.59 bits per heavy atom. The van der Waals surface area contributed by atoms with Gasteiger partial charge in [-0.1, -0.05) is 13.8 Å². The largest absolute Gasteiger partial charge is 0.484 e. The minimum Gasteiger partial charge on any atom is -0.484 e. The lowest BCUT2D eigenvalue weighted by atomic mass is 9.98. The van der Waals surface area contributed by atoms with Crippen molar-refractivity contribution in [1.82, 2.24) is 9.47 Å². The summed E-state index contributed by atoms with van der Waals surface area (Å²) in [5, 5.41) is 1.10. The predicted molar refractivity (Wildman–Crippen MR) is 106 cm³/mol. The fourth-order valence-corrected chi connectivity index (χ4v) is 3.90. The average Bonchev–Trinajstić information content (AvgIpc) is 3.30. The van der Waals surface area contributed by atoms with E-state index in [0.29, 0.717) is 11.7 Å². The topological polar surface area (TPSA) is 51.5 Å². The summed E-state index contributed by atoms with van der Waals surface area (Å²) in [6.45, 7) is 6.71. The van der Waals surface area contributed by atoms with Gasteiger partial charge in [-0.3, -0.25) is 9.59 Å². The van der Waals surface area contributed by atoms with Crippen LogP contribution in [0.3, 0.4) is 0 Å². The number of hydrogen-bond acceptors (Lipinski definition) is 3. The van der Waals surface area contributed by atoms with Gasteiger partial charge in [0, 0.05) is 37.2 Å². The van der Waals surface area contributed by atoms with Gasteiger partial charge in [0.15, 0.2) is 6.61 Å². The smallest absolute Gasteiger partial charge is 0.260 e. The number of nitrogens with zero attached hydrogens (tertiary/aromatic N) is 2. The van der Waals surface area contributed by atoms with Gasteiger partial charge in [-0.2, -0.15) is 0 Å². The highest BCUT2D eigenvalue weighted by Crippen LogP contribution is 2.33. The number of benzene rings is 1. The van der Waals surface area contributed by atoms with Crippen LogP contribution in [-0.2, 0) is 11.3 Å². The van der Waals surface area contributed by atoms with Crippen molar-refractivity contribution in [2.45, 2.75) is 52.0 Å². The molecule has 0 unspecified atom stereocenters. The standard InChI is InChI=1S/C22H28N2O3/c1-15(2)19-12-21(25)24(13-16-5-6-16)20-11-17(7-8-18(19)20)27-14-22(26)23-9-3-4-10-23/h7-8,11-12,15-16H,3-6,9-10,13-14H2,1-2H3. The van der Waals surface area contributed by atoms with Crippen LogP contribution in [0.25, 0.3) is 10.9 Å². The number of ether oxygens (including phenoxy) is 1. The van der Waals surface area contributed by atoms with E-state index in [4.69, 9.17) is 4.74 Å². The normalized spacial score (nSPS) is 17.1. The minimum absolute atomic E-state index is 0.0406. The molecule has 1 aliphatic carbocycles. The lowest BCUT2D eigenvalue weighted by Crippen LogP contribution is -2.32.